The number of benzene rings is 1. The first-order chi connectivity index (χ1) is 13.2. The van der Waals surface area contributed by atoms with E-state index in [1.807, 2.05) is 24.3 Å². The number of aryl methyl sites for hydroxylation is 1. The predicted molar refractivity (Wildman–Crippen MR) is 105 cm³/mol. The van der Waals surface area contributed by atoms with Gasteiger partial charge >= 0.3 is 0 Å². The van der Waals surface area contributed by atoms with Crippen LogP contribution >= 0.6 is 11.8 Å². The lowest BCUT2D eigenvalue weighted by molar-refractivity contribution is 0.615. The molecule has 7 heteroatoms. The molecule has 0 saturated carbocycles. The van der Waals surface area contributed by atoms with Crippen LogP contribution in [-0.2, 0) is 6.42 Å². The van der Waals surface area contributed by atoms with E-state index in [1.165, 1.54) is 17.8 Å². The summed E-state index contributed by atoms with van der Waals surface area (Å²) in [6.07, 6.45) is 4.26. The summed E-state index contributed by atoms with van der Waals surface area (Å²) in [6.45, 7) is 0. The largest absolute Gasteiger partial charge is 0.462 e. The predicted octanol–water partition coefficient (Wildman–Crippen LogP) is 4.07. The average Bonchev–Trinajstić information content (AvgIpc) is 3.11. The summed E-state index contributed by atoms with van der Waals surface area (Å²) >= 11 is 1.45. The van der Waals surface area contributed by atoms with Crippen LogP contribution in [0.1, 0.15) is 11.4 Å². The van der Waals surface area contributed by atoms with Crippen molar-refractivity contribution in [2.75, 3.05) is 11.5 Å². The normalized spacial score (nSPS) is 10.8. The lowest BCUT2D eigenvalue weighted by atomic mass is 10.0. The summed E-state index contributed by atoms with van der Waals surface area (Å²) in [7, 11) is 0. The fourth-order valence-corrected chi connectivity index (χ4v) is 3.59. The Labute approximate surface area is 160 Å². The monoisotopic (exact) mass is 373 g/mol. The van der Waals surface area contributed by atoms with E-state index in [-0.39, 0.29) is 5.69 Å². The molecule has 6 nitrogen and oxygen atoms in total. The second kappa shape index (κ2) is 7.48. The van der Waals surface area contributed by atoms with Crippen LogP contribution in [0.3, 0.4) is 0 Å². The van der Waals surface area contributed by atoms with E-state index in [1.54, 1.807) is 12.5 Å². The number of pyridine rings is 1. The Balaban J connectivity index is 1.51. The van der Waals surface area contributed by atoms with Gasteiger partial charge in [0.2, 0.25) is 0 Å². The van der Waals surface area contributed by atoms with Gasteiger partial charge in [-0.2, -0.15) is 5.26 Å². The van der Waals surface area contributed by atoms with Gasteiger partial charge in [0.15, 0.2) is 10.7 Å². The van der Waals surface area contributed by atoms with E-state index >= 15 is 0 Å². The average molecular weight is 373 g/mol. The molecule has 0 saturated heterocycles. The van der Waals surface area contributed by atoms with Gasteiger partial charge in [0.05, 0.1) is 12.5 Å². The fraction of sp³-hybridized carbons (Fsp3) is 0.100. The van der Waals surface area contributed by atoms with Crippen LogP contribution in [-0.4, -0.2) is 20.7 Å². The minimum absolute atomic E-state index is 0.274. The van der Waals surface area contributed by atoms with Crippen LogP contribution in [0.5, 0.6) is 0 Å². The molecule has 0 atom stereocenters. The van der Waals surface area contributed by atoms with Crippen LogP contribution in [0.25, 0.3) is 22.1 Å². The van der Waals surface area contributed by atoms with E-state index in [0.717, 1.165) is 40.0 Å². The Kier molecular flexibility index (Phi) is 4.73. The number of furan rings is 1. The SMILES string of the molecule is N#Cc1cc(N)nc(SCCc2cc3c(-c4ccccc4)coc3cn2)n1. The Morgan fingerprint density at radius 3 is 2.81 bits per heavy atom. The van der Waals surface area contributed by atoms with Crippen molar-refractivity contribution in [2.24, 2.45) is 0 Å². The van der Waals surface area contributed by atoms with Gasteiger partial charge in [-0.15, -0.1) is 0 Å². The van der Waals surface area contributed by atoms with Gasteiger partial charge in [-0.05, 0) is 18.1 Å². The molecule has 4 rings (SSSR count). The van der Waals surface area contributed by atoms with E-state index in [2.05, 4.69) is 33.2 Å². The van der Waals surface area contributed by atoms with Crippen molar-refractivity contribution in [3.8, 4) is 17.2 Å². The molecule has 27 heavy (non-hydrogen) atoms. The second-order valence-corrected chi connectivity index (χ2v) is 6.92. The topological polar surface area (TPSA) is 102 Å². The number of nitrogen functional groups attached to an aromatic ring is 1. The smallest absolute Gasteiger partial charge is 0.190 e. The molecule has 0 unspecified atom stereocenters. The summed E-state index contributed by atoms with van der Waals surface area (Å²) < 4.78 is 5.64. The highest BCUT2D eigenvalue weighted by atomic mass is 32.2. The highest BCUT2D eigenvalue weighted by molar-refractivity contribution is 7.99. The molecule has 0 radical (unpaired) electrons. The quantitative estimate of drug-likeness (QED) is 0.415. The molecule has 0 fully saturated rings. The van der Waals surface area contributed by atoms with Crippen LogP contribution < -0.4 is 5.73 Å². The van der Waals surface area contributed by atoms with Crippen LogP contribution in [0.4, 0.5) is 5.82 Å². The lowest BCUT2D eigenvalue weighted by Crippen LogP contribution is -1.99. The maximum atomic E-state index is 8.97. The number of nitrogens with zero attached hydrogens (tertiary/aromatic N) is 4. The maximum Gasteiger partial charge on any atom is 0.190 e. The molecule has 0 amide bonds. The maximum absolute atomic E-state index is 8.97. The summed E-state index contributed by atoms with van der Waals surface area (Å²) in [5.74, 6) is 1.03. The van der Waals surface area contributed by atoms with Crippen molar-refractivity contribution in [1.29, 1.82) is 5.26 Å². The Bertz CT molecular complexity index is 1130. The molecule has 0 spiro atoms. The van der Waals surface area contributed by atoms with Crippen molar-refractivity contribution in [3.05, 3.63) is 66.3 Å². The highest BCUT2D eigenvalue weighted by Gasteiger charge is 2.10. The van der Waals surface area contributed by atoms with Gasteiger partial charge in [0.1, 0.15) is 17.6 Å². The number of thioether (sulfide) groups is 1. The minimum atomic E-state index is 0.274. The third-order valence-electron chi connectivity index (χ3n) is 4.03. The zero-order valence-electron chi connectivity index (χ0n) is 14.3. The van der Waals surface area contributed by atoms with Crippen LogP contribution in [0.15, 0.2) is 64.5 Å². The first kappa shape index (κ1) is 17.1. The van der Waals surface area contributed by atoms with Crippen molar-refractivity contribution in [1.82, 2.24) is 15.0 Å². The molecule has 0 aliphatic heterocycles. The van der Waals surface area contributed by atoms with Gasteiger partial charge < -0.3 is 10.2 Å². The number of nitriles is 1. The molecule has 3 aromatic heterocycles. The van der Waals surface area contributed by atoms with Crippen molar-refractivity contribution >= 4 is 28.5 Å². The van der Waals surface area contributed by atoms with Gasteiger partial charge in [-0.1, -0.05) is 42.1 Å². The Morgan fingerprint density at radius 2 is 2.00 bits per heavy atom. The summed E-state index contributed by atoms with van der Waals surface area (Å²) in [5.41, 5.74) is 9.87. The zero-order valence-corrected chi connectivity index (χ0v) is 15.1. The molecular weight excluding hydrogens is 358 g/mol. The summed E-state index contributed by atoms with van der Waals surface area (Å²) in [4.78, 5) is 12.8. The molecular formula is C20H15N5OS. The molecule has 4 aromatic rings. The van der Waals surface area contributed by atoms with Gasteiger partial charge in [-0.25, -0.2) is 9.97 Å². The van der Waals surface area contributed by atoms with E-state index < -0.39 is 0 Å². The highest BCUT2D eigenvalue weighted by Crippen LogP contribution is 2.30. The van der Waals surface area contributed by atoms with Crippen LogP contribution in [0.2, 0.25) is 0 Å². The minimum Gasteiger partial charge on any atom is -0.462 e. The van der Waals surface area contributed by atoms with E-state index in [4.69, 9.17) is 15.4 Å². The van der Waals surface area contributed by atoms with E-state index in [0.29, 0.717) is 11.0 Å². The number of aromatic nitrogens is 3. The lowest BCUT2D eigenvalue weighted by Gasteiger charge is -2.03. The molecule has 0 aliphatic carbocycles. The zero-order chi connectivity index (χ0) is 18.6. The standard InChI is InChI=1S/C20H15N5OS/c21-10-15-9-19(22)25-20(24-15)27-7-6-14-8-16-17(12-26-18(16)11-23-14)13-4-2-1-3-5-13/h1-5,8-9,11-12H,6-7H2,(H2,22,24,25). The van der Waals surface area contributed by atoms with Crippen molar-refractivity contribution in [2.45, 2.75) is 11.6 Å². The molecule has 1 aromatic carbocycles. The molecule has 0 bridgehead atoms. The number of hydrogen-bond donors (Lipinski definition) is 1. The van der Waals surface area contributed by atoms with Gasteiger partial charge in [0.25, 0.3) is 0 Å². The fourth-order valence-electron chi connectivity index (χ4n) is 2.77. The number of fused-ring (bicyclic) bond motifs is 1. The Morgan fingerprint density at radius 1 is 1.15 bits per heavy atom. The van der Waals surface area contributed by atoms with Gasteiger partial charge in [-0.3, -0.25) is 4.98 Å². The molecule has 3 heterocycles. The molecule has 132 valence electrons. The first-order valence-corrected chi connectivity index (χ1v) is 9.30. The summed E-state index contributed by atoms with van der Waals surface area (Å²) in [6, 6.07) is 15.6. The second-order valence-electron chi connectivity index (χ2n) is 5.86. The number of hydrogen-bond acceptors (Lipinski definition) is 7. The van der Waals surface area contributed by atoms with Crippen LogP contribution in [0, 0.1) is 11.3 Å². The molecule has 2 N–H and O–H groups in total. The molecule has 0 aliphatic rings. The summed E-state index contributed by atoms with van der Waals surface area (Å²) in [5, 5.41) is 10.5. The third kappa shape index (κ3) is 3.76. The first-order valence-electron chi connectivity index (χ1n) is 8.32. The number of anilines is 1. The van der Waals surface area contributed by atoms with Gasteiger partial charge in [0, 0.05) is 28.5 Å². The third-order valence-corrected chi connectivity index (χ3v) is 4.88. The number of nitrogens with two attached hydrogens (primary N) is 1. The van der Waals surface area contributed by atoms with E-state index in [9.17, 15) is 0 Å². The Hall–Kier alpha value is -3.37. The number of rotatable bonds is 5. The van der Waals surface area contributed by atoms with Crippen molar-refractivity contribution < 1.29 is 4.42 Å². The van der Waals surface area contributed by atoms with Crippen molar-refractivity contribution in [3.63, 3.8) is 0 Å².